The molecule has 0 saturated carbocycles. The summed E-state index contributed by atoms with van der Waals surface area (Å²) in [4.78, 5) is 6.77. The predicted molar refractivity (Wildman–Crippen MR) is 170 cm³/mol. The second-order valence-corrected chi connectivity index (χ2v) is 8.96. The quantitative estimate of drug-likeness (QED) is 0.0749. The number of nitrogens with two attached hydrogens (primary N) is 1. The highest BCUT2D eigenvalue weighted by Gasteiger charge is 2.15. The SMILES string of the molecule is C=C(\C=C(/N=C(C)/C=N/Nc1ccc(N)c(/C(C)=C/C)c1)OCC(C)(C)O)N(CCC)CCC.CC.CC. The Hall–Kier alpha value is -3.06. The molecule has 0 fully saturated rings. The summed E-state index contributed by atoms with van der Waals surface area (Å²) in [7, 11) is 0. The number of nitrogens with one attached hydrogen (secondary N) is 1. The Morgan fingerprint density at radius 1 is 1.13 bits per heavy atom. The fourth-order valence-corrected chi connectivity index (χ4v) is 3.06. The lowest BCUT2D eigenvalue weighted by Gasteiger charge is -2.24. The molecular formula is C31H55N5O2. The third-order valence-electron chi connectivity index (χ3n) is 4.90. The number of hydrogen-bond donors (Lipinski definition) is 3. The molecule has 0 aliphatic rings. The zero-order valence-electron chi connectivity index (χ0n) is 26.0. The van der Waals surface area contributed by atoms with Crippen molar-refractivity contribution in [2.24, 2.45) is 10.1 Å². The van der Waals surface area contributed by atoms with E-state index in [0.717, 1.165) is 54.1 Å². The lowest BCUT2D eigenvalue weighted by molar-refractivity contribution is 0.00249. The summed E-state index contributed by atoms with van der Waals surface area (Å²) in [5.74, 6) is 0.381. The number of aliphatic imine (C=N–C) groups is 1. The largest absolute Gasteiger partial charge is 0.475 e. The first-order chi connectivity index (χ1) is 18.0. The van der Waals surface area contributed by atoms with Crippen molar-refractivity contribution < 1.29 is 9.84 Å². The molecule has 0 atom stereocenters. The molecule has 1 aromatic carbocycles. The summed E-state index contributed by atoms with van der Waals surface area (Å²) in [6.45, 7) is 27.6. The summed E-state index contributed by atoms with van der Waals surface area (Å²) in [5.41, 5.74) is 13.2. The van der Waals surface area contributed by atoms with Crippen LogP contribution in [0.15, 0.2) is 58.6 Å². The minimum atomic E-state index is -0.982. The molecule has 0 saturated heterocycles. The lowest BCUT2D eigenvalue weighted by Crippen LogP contribution is -2.26. The summed E-state index contributed by atoms with van der Waals surface area (Å²) < 4.78 is 5.82. The summed E-state index contributed by atoms with van der Waals surface area (Å²) >= 11 is 0. The molecule has 0 radical (unpaired) electrons. The number of hydrazone groups is 1. The summed E-state index contributed by atoms with van der Waals surface area (Å²) in [6, 6.07) is 5.70. The van der Waals surface area contributed by atoms with Gasteiger partial charge in [0, 0.05) is 36.1 Å². The zero-order valence-corrected chi connectivity index (χ0v) is 26.0. The van der Waals surface area contributed by atoms with E-state index in [1.165, 1.54) is 0 Å². The van der Waals surface area contributed by atoms with Crippen molar-refractivity contribution in [3.63, 3.8) is 0 Å². The van der Waals surface area contributed by atoms with E-state index < -0.39 is 5.60 Å². The molecule has 38 heavy (non-hydrogen) atoms. The molecule has 0 aromatic heterocycles. The van der Waals surface area contributed by atoms with E-state index in [1.807, 2.05) is 78.8 Å². The second-order valence-electron chi connectivity index (χ2n) is 8.96. The maximum Gasteiger partial charge on any atom is 0.215 e. The summed E-state index contributed by atoms with van der Waals surface area (Å²) in [6.07, 6.45) is 7.50. The van der Waals surface area contributed by atoms with E-state index >= 15 is 0 Å². The average molecular weight is 530 g/mol. The van der Waals surface area contributed by atoms with E-state index in [1.54, 1.807) is 20.1 Å². The first kappa shape index (κ1) is 37.1. The number of hydrogen-bond acceptors (Lipinski definition) is 7. The van der Waals surface area contributed by atoms with Crippen LogP contribution in [-0.4, -0.2) is 47.2 Å². The molecule has 216 valence electrons. The number of benzene rings is 1. The highest BCUT2D eigenvalue weighted by molar-refractivity contribution is 6.29. The molecule has 0 spiro atoms. The van der Waals surface area contributed by atoms with Crippen LogP contribution in [0.1, 0.15) is 94.6 Å². The molecule has 7 heteroatoms. The van der Waals surface area contributed by atoms with Gasteiger partial charge in [0.15, 0.2) is 0 Å². The minimum absolute atomic E-state index is 0.109. The second kappa shape index (κ2) is 20.9. The van der Waals surface area contributed by atoms with Crippen molar-refractivity contribution in [3.05, 3.63) is 54.1 Å². The van der Waals surface area contributed by atoms with Crippen LogP contribution < -0.4 is 11.2 Å². The standard InChI is InChI=1S/C27H43N5O2.2C2H6/c1-9-14-32(15-10-2)22(6)16-26(34-19-27(7,8)33)30-21(5)18-29-31-23-12-13-25(28)24(17-23)20(4)11-3;2*1-2/h11-13,16-18,31,33H,6,9-10,14-15,19,28H2,1-5,7-8H3;2*1-2H3/b20-11+,26-16+,29-18+,30-21+;;. The zero-order chi connectivity index (χ0) is 29.7. The topological polar surface area (TPSA) is 95.5 Å². The first-order valence-electron chi connectivity index (χ1n) is 13.9. The Balaban J connectivity index is 0. The molecule has 0 unspecified atom stereocenters. The van der Waals surface area contributed by atoms with E-state index in [-0.39, 0.29) is 6.61 Å². The van der Waals surface area contributed by atoms with E-state index in [0.29, 0.717) is 11.6 Å². The van der Waals surface area contributed by atoms with Crippen molar-refractivity contribution in [1.29, 1.82) is 0 Å². The number of ether oxygens (including phenoxy) is 1. The van der Waals surface area contributed by atoms with Crippen molar-refractivity contribution in [2.75, 3.05) is 30.9 Å². The normalized spacial score (nSPS) is 12.3. The van der Waals surface area contributed by atoms with E-state index in [9.17, 15) is 5.11 Å². The Kier molecular flexibility index (Phi) is 20.4. The van der Waals surface area contributed by atoms with Crippen LogP contribution >= 0.6 is 0 Å². The molecule has 4 N–H and O–H groups in total. The van der Waals surface area contributed by atoms with E-state index in [2.05, 4.69) is 40.8 Å². The van der Waals surface area contributed by atoms with Crippen molar-refractivity contribution in [3.8, 4) is 0 Å². The van der Waals surface area contributed by atoms with Gasteiger partial charge in [-0.2, -0.15) is 5.10 Å². The van der Waals surface area contributed by atoms with Crippen LogP contribution in [0.4, 0.5) is 11.4 Å². The van der Waals surface area contributed by atoms with Crippen molar-refractivity contribution in [2.45, 2.75) is 94.6 Å². The molecule has 0 bridgehead atoms. The van der Waals surface area contributed by atoms with Crippen molar-refractivity contribution in [1.82, 2.24) is 4.90 Å². The fraction of sp³-hybridized carbons (Fsp3) is 0.548. The summed E-state index contributed by atoms with van der Waals surface area (Å²) in [5, 5.41) is 14.4. The molecular weight excluding hydrogens is 474 g/mol. The molecule has 0 aliphatic carbocycles. The van der Waals surface area contributed by atoms with E-state index in [4.69, 9.17) is 10.5 Å². The predicted octanol–water partition coefficient (Wildman–Crippen LogP) is 7.87. The maximum absolute atomic E-state index is 10.1. The number of allylic oxidation sites excluding steroid dienone is 3. The van der Waals surface area contributed by atoms with Crippen LogP contribution in [0, 0.1) is 0 Å². The number of anilines is 2. The molecule has 0 amide bonds. The lowest BCUT2D eigenvalue weighted by atomic mass is 10.0. The Bertz CT molecular complexity index is 919. The number of aliphatic hydroxyl groups is 1. The van der Waals surface area contributed by atoms with Crippen LogP contribution in [0.25, 0.3) is 5.57 Å². The maximum atomic E-state index is 10.1. The minimum Gasteiger partial charge on any atom is -0.475 e. The molecule has 0 aliphatic heterocycles. The monoisotopic (exact) mass is 529 g/mol. The molecule has 7 nitrogen and oxygen atoms in total. The van der Waals surface area contributed by atoms with Crippen LogP contribution in [0.5, 0.6) is 0 Å². The van der Waals surface area contributed by atoms with Gasteiger partial charge in [-0.15, -0.1) is 0 Å². The van der Waals surface area contributed by atoms with Gasteiger partial charge in [0.25, 0.3) is 0 Å². The van der Waals surface area contributed by atoms with Gasteiger partial charge >= 0.3 is 0 Å². The first-order valence-corrected chi connectivity index (χ1v) is 13.9. The van der Waals surface area contributed by atoms with Gasteiger partial charge in [0.1, 0.15) is 6.61 Å². The van der Waals surface area contributed by atoms with Gasteiger partial charge in [0.2, 0.25) is 5.88 Å². The molecule has 1 aromatic rings. The highest BCUT2D eigenvalue weighted by Crippen LogP contribution is 2.24. The van der Waals surface area contributed by atoms with Gasteiger partial charge in [-0.3, -0.25) is 5.43 Å². The molecule has 0 heterocycles. The number of rotatable bonds is 14. The molecule has 1 rings (SSSR count). The van der Waals surface area contributed by atoms with Crippen molar-refractivity contribution >= 4 is 28.9 Å². The van der Waals surface area contributed by atoms with Gasteiger partial charge in [-0.05, 0) is 71.2 Å². The smallest absolute Gasteiger partial charge is 0.215 e. The van der Waals surface area contributed by atoms with Gasteiger partial charge in [-0.25, -0.2) is 4.99 Å². The van der Waals surface area contributed by atoms with Crippen LogP contribution in [0.2, 0.25) is 0 Å². The van der Waals surface area contributed by atoms with Gasteiger partial charge in [0.05, 0.1) is 23.2 Å². The Morgan fingerprint density at radius 3 is 2.21 bits per heavy atom. The average Bonchev–Trinajstić information content (AvgIpc) is 2.89. The highest BCUT2D eigenvalue weighted by atomic mass is 16.5. The fourth-order valence-electron chi connectivity index (χ4n) is 3.06. The Morgan fingerprint density at radius 2 is 1.71 bits per heavy atom. The third kappa shape index (κ3) is 15.9. The van der Waals surface area contributed by atoms with Gasteiger partial charge in [-0.1, -0.05) is 54.2 Å². The van der Waals surface area contributed by atoms with Crippen LogP contribution in [-0.2, 0) is 4.74 Å². The Labute approximate surface area is 233 Å². The van der Waals surface area contributed by atoms with Crippen LogP contribution in [0.3, 0.4) is 0 Å². The number of nitrogen functional groups attached to an aromatic ring is 1. The number of nitrogens with zero attached hydrogens (tertiary/aromatic N) is 3. The van der Waals surface area contributed by atoms with Gasteiger partial charge < -0.3 is 20.5 Å². The third-order valence-corrected chi connectivity index (χ3v) is 4.90.